The number of hydrogen-bond acceptors (Lipinski definition) is 2. The summed E-state index contributed by atoms with van der Waals surface area (Å²) in [5.41, 5.74) is 5.35. The normalized spacial score (nSPS) is 10.6. The second kappa shape index (κ2) is 6.31. The van der Waals surface area contributed by atoms with E-state index in [0.717, 1.165) is 19.5 Å². The van der Waals surface area contributed by atoms with Crippen LogP contribution in [0.25, 0.3) is 0 Å². The highest BCUT2D eigenvalue weighted by atomic mass is 14.8. The number of nitrogens with zero attached hydrogens (tertiary/aromatic N) is 1. The van der Waals surface area contributed by atoms with Gasteiger partial charge in [-0.15, -0.1) is 0 Å². The van der Waals surface area contributed by atoms with Gasteiger partial charge < -0.3 is 5.32 Å². The van der Waals surface area contributed by atoms with Gasteiger partial charge in [0.1, 0.15) is 0 Å². The van der Waals surface area contributed by atoms with E-state index in [-0.39, 0.29) is 0 Å². The van der Waals surface area contributed by atoms with E-state index < -0.39 is 0 Å². The lowest BCUT2D eigenvalue weighted by atomic mass is 9.99. The second-order valence-electron chi connectivity index (χ2n) is 4.58. The van der Waals surface area contributed by atoms with Gasteiger partial charge in [0.15, 0.2) is 0 Å². The third-order valence-electron chi connectivity index (χ3n) is 3.11. The van der Waals surface area contributed by atoms with Gasteiger partial charge in [0.2, 0.25) is 0 Å². The Kier molecular flexibility index (Phi) is 4.48. The minimum absolute atomic E-state index is 0.941. The van der Waals surface area contributed by atoms with E-state index in [1.54, 1.807) is 0 Å². The van der Waals surface area contributed by atoms with Crippen LogP contribution in [0.15, 0.2) is 42.7 Å². The Morgan fingerprint density at radius 1 is 1.17 bits per heavy atom. The molecule has 0 fully saturated rings. The zero-order chi connectivity index (χ0) is 12.8. The first-order chi connectivity index (χ1) is 8.79. The monoisotopic (exact) mass is 240 g/mol. The summed E-state index contributed by atoms with van der Waals surface area (Å²) in [6.07, 6.45) is 4.72. The number of nitrogens with one attached hydrogen (secondary N) is 1. The second-order valence-corrected chi connectivity index (χ2v) is 4.58. The lowest BCUT2D eigenvalue weighted by Gasteiger charge is -2.09. The maximum Gasteiger partial charge on any atom is 0.0303 e. The molecule has 2 heteroatoms. The maximum absolute atomic E-state index is 4.17. The molecule has 0 aliphatic heterocycles. The zero-order valence-corrected chi connectivity index (χ0v) is 11.1. The molecule has 2 nitrogen and oxygen atoms in total. The largest absolute Gasteiger partial charge is 0.313 e. The summed E-state index contributed by atoms with van der Waals surface area (Å²) in [4.78, 5) is 4.17. The molecule has 0 radical (unpaired) electrons. The van der Waals surface area contributed by atoms with Crippen LogP contribution in [0.1, 0.15) is 29.2 Å². The van der Waals surface area contributed by atoms with E-state index in [9.17, 15) is 0 Å². The summed E-state index contributed by atoms with van der Waals surface area (Å²) in [6.45, 7) is 6.25. The molecule has 18 heavy (non-hydrogen) atoms. The molecule has 0 aliphatic rings. The summed E-state index contributed by atoms with van der Waals surface area (Å²) in [6, 6.07) is 10.8. The number of aryl methyl sites for hydroxylation is 1. The molecule has 1 heterocycles. The van der Waals surface area contributed by atoms with Gasteiger partial charge in [0, 0.05) is 18.9 Å². The van der Waals surface area contributed by atoms with E-state index in [1.165, 1.54) is 22.3 Å². The number of benzene rings is 1. The lowest BCUT2D eigenvalue weighted by Crippen LogP contribution is -2.12. The minimum Gasteiger partial charge on any atom is -0.313 e. The Morgan fingerprint density at radius 2 is 2.06 bits per heavy atom. The molecule has 94 valence electrons. The van der Waals surface area contributed by atoms with Crippen LogP contribution < -0.4 is 5.32 Å². The van der Waals surface area contributed by atoms with Crippen LogP contribution in [0.3, 0.4) is 0 Å². The summed E-state index contributed by atoms with van der Waals surface area (Å²) in [5, 5.41) is 3.36. The van der Waals surface area contributed by atoms with Crippen molar-refractivity contribution < 1.29 is 0 Å². The molecule has 0 saturated heterocycles. The molecule has 0 amide bonds. The molecular weight excluding hydrogens is 220 g/mol. The molecule has 1 aromatic heterocycles. The van der Waals surface area contributed by atoms with Gasteiger partial charge in [0.25, 0.3) is 0 Å². The Morgan fingerprint density at radius 3 is 2.78 bits per heavy atom. The Bertz CT molecular complexity index is 492. The van der Waals surface area contributed by atoms with E-state index in [2.05, 4.69) is 48.4 Å². The predicted molar refractivity (Wildman–Crippen MR) is 75.6 cm³/mol. The first-order valence-corrected chi connectivity index (χ1v) is 6.47. The van der Waals surface area contributed by atoms with Crippen molar-refractivity contribution in [3.05, 3.63) is 65.0 Å². The highest BCUT2D eigenvalue weighted by Crippen LogP contribution is 2.15. The van der Waals surface area contributed by atoms with Crippen molar-refractivity contribution >= 4 is 0 Å². The molecule has 0 unspecified atom stereocenters. The van der Waals surface area contributed by atoms with Crippen LogP contribution in [0, 0.1) is 6.92 Å². The third-order valence-corrected chi connectivity index (χ3v) is 3.11. The fourth-order valence-electron chi connectivity index (χ4n) is 2.02. The van der Waals surface area contributed by atoms with Crippen molar-refractivity contribution in [1.82, 2.24) is 10.3 Å². The smallest absolute Gasteiger partial charge is 0.0303 e. The Labute approximate surface area is 109 Å². The molecule has 0 aliphatic carbocycles. The molecule has 0 saturated carbocycles. The molecule has 2 aromatic rings. The maximum atomic E-state index is 4.17. The fourth-order valence-corrected chi connectivity index (χ4v) is 2.02. The molecule has 1 aromatic carbocycles. The summed E-state index contributed by atoms with van der Waals surface area (Å²) in [7, 11) is 0. The molecule has 0 spiro atoms. The first kappa shape index (κ1) is 12.8. The van der Waals surface area contributed by atoms with Crippen LogP contribution in [-0.2, 0) is 13.0 Å². The SMILES string of the molecule is CCNCc1ccc(C)c(Cc2cccnc2)c1. The van der Waals surface area contributed by atoms with Gasteiger partial charge in [-0.05, 0) is 48.2 Å². The van der Waals surface area contributed by atoms with Crippen LogP contribution in [-0.4, -0.2) is 11.5 Å². The van der Waals surface area contributed by atoms with Crippen LogP contribution >= 0.6 is 0 Å². The Balaban J connectivity index is 2.16. The van der Waals surface area contributed by atoms with Crippen molar-refractivity contribution in [3.8, 4) is 0 Å². The quantitative estimate of drug-likeness (QED) is 0.868. The van der Waals surface area contributed by atoms with Crippen LogP contribution in [0.4, 0.5) is 0 Å². The van der Waals surface area contributed by atoms with Crippen molar-refractivity contribution in [3.63, 3.8) is 0 Å². The minimum atomic E-state index is 0.941. The summed E-state index contributed by atoms with van der Waals surface area (Å²) < 4.78 is 0. The van der Waals surface area contributed by atoms with E-state index in [0.29, 0.717) is 0 Å². The number of hydrogen-bond donors (Lipinski definition) is 1. The van der Waals surface area contributed by atoms with Gasteiger partial charge in [0.05, 0.1) is 0 Å². The average molecular weight is 240 g/mol. The standard InChI is InChI=1S/C16H20N2/c1-3-17-11-15-7-6-13(2)16(10-15)9-14-5-4-8-18-12-14/h4-8,10,12,17H,3,9,11H2,1-2H3. The average Bonchev–Trinajstić information content (AvgIpc) is 2.41. The van der Waals surface area contributed by atoms with Gasteiger partial charge >= 0.3 is 0 Å². The van der Waals surface area contributed by atoms with Crippen molar-refractivity contribution in [2.75, 3.05) is 6.54 Å². The number of pyridine rings is 1. The van der Waals surface area contributed by atoms with Gasteiger partial charge in [-0.1, -0.05) is 31.2 Å². The van der Waals surface area contributed by atoms with Gasteiger partial charge in [-0.25, -0.2) is 0 Å². The number of aromatic nitrogens is 1. The first-order valence-electron chi connectivity index (χ1n) is 6.47. The summed E-state index contributed by atoms with van der Waals surface area (Å²) in [5.74, 6) is 0. The van der Waals surface area contributed by atoms with E-state index in [1.807, 2.05) is 18.5 Å². The van der Waals surface area contributed by atoms with Gasteiger partial charge in [-0.2, -0.15) is 0 Å². The van der Waals surface area contributed by atoms with Gasteiger partial charge in [-0.3, -0.25) is 4.98 Å². The Hall–Kier alpha value is -1.67. The highest BCUT2D eigenvalue weighted by Gasteiger charge is 2.02. The van der Waals surface area contributed by atoms with E-state index in [4.69, 9.17) is 0 Å². The zero-order valence-electron chi connectivity index (χ0n) is 11.1. The highest BCUT2D eigenvalue weighted by molar-refractivity contribution is 5.34. The summed E-state index contributed by atoms with van der Waals surface area (Å²) >= 11 is 0. The third kappa shape index (κ3) is 3.41. The predicted octanol–water partition coefficient (Wildman–Crippen LogP) is 3.09. The molecule has 1 N–H and O–H groups in total. The molecule has 2 rings (SSSR count). The number of rotatable bonds is 5. The van der Waals surface area contributed by atoms with Crippen LogP contribution in [0.5, 0.6) is 0 Å². The van der Waals surface area contributed by atoms with Crippen molar-refractivity contribution in [1.29, 1.82) is 0 Å². The molecule has 0 atom stereocenters. The van der Waals surface area contributed by atoms with E-state index >= 15 is 0 Å². The molecular formula is C16H20N2. The lowest BCUT2D eigenvalue weighted by molar-refractivity contribution is 0.726. The van der Waals surface area contributed by atoms with Crippen LogP contribution in [0.2, 0.25) is 0 Å². The topological polar surface area (TPSA) is 24.9 Å². The molecule has 0 bridgehead atoms. The van der Waals surface area contributed by atoms with Crippen molar-refractivity contribution in [2.45, 2.75) is 26.8 Å². The van der Waals surface area contributed by atoms with Crippen molar-refractivity contribution in [2.24, 2.45) is 0 Å². The fraction of sp³-hybridized carbons (Fsp3) is 0.312.